The van der Waals surface area contributed by atoms with Crippen LogP contribution in [-0.2, 0) is 14.3 Å². The first kappa shape index (κ1) is 22.0. The number of anilines is 1. The van der Waals surface area contributed by atoms with Gasteiger partial charge in [0.2, 0.25) is 0 Å². The van der Waals surface area contributed by atoms with Crippen molar-refractivity contribution in [3.8, 4) is 0 Å². The molecule has 140 valence electrons. The number of hydrogen-bond acceptors (Lipinski definition) is 4. The molecule has 0 heterocycles. The number of nitrogens with zero attached hydrogens (tertiary/aromatic N) is 1. The van der Waals surface area contributed by atoms with E-state index in [4.69, 9.17) is 21.1 Å². The highest BCUT2D eigenvalue weighted by molar-refractivity contribution is 14.1. The molecule has 5 nitrogen and oxygen atoms in total. The smallest absolute Gasteiger partial charge is 0.415 e. The molecule has 1 unspecified atom stereocenters. The van der Waals surface area contributed by atoms with E-state index >= 15 is 0 Å². The van der Waals surface area contributed by atoms with Crippen molar-refractivity contribution in [2.24, 2.45) is 5.92 Å². The molecule has 0 aliphatic heterocycles. The zero-order chi connectivity index (χ0) is 19.4. The molecule has 1 rings (SSSR count). The maximum Gasteiger partial charge on any atom is 0.415 e. The minimum absolute atomic E-state index is 0.207. The van der Waals surface area contributed by atoms with E-state index in [2.05, 4.69) is 22.6 Å². The summed E-state index contributed by atoms with van der Waals surface area (Å²) in [7, 11) is 0. The van der Waals surface area contributed by atoms with Crippen molar-refractivity contribution in [2.75, 3.05) is 11.5 Å². The van der Waals surface area contributed by atoms with E-state index in [-0.39, 0.29) is 5.92 Å². The number of benzene rings is 1. The van der Waals surface area contributed by atoms with Crippen molar-refractivity contribution >= 4 is 51.9 Å². The van der Waals surface area contributed by atoms with Gasteiger partial charge in [-0.25, -0.2) is 9.59 Å². The van der Waals surface area contributed by atoms with Gasteiger partial charge in [-0.2, -0.15) is 0 Å². The summed E-state index contributed by atoms with van der Waals surface area (Å²) >= 11 is 8.28. The zero-order valence-corrected chi connectivity index (χ0v) is 18.3. The molecule has 1 aromatic rings. The SMILES string of the molecule is CC(C)COC(=O)C(C)N(C(=O)OC(C)(C)C)c1ccc(I)c(Cl)c1. The van der Waals surface area contributed by atoms with Gasteiger partial charge in [-0.3, -0.25) is 4.90 Å². The van der Waals surface area contributed by atoms with Crippen molar-refractivity contribution in [1.82, 2.24) is 0 Å². The maximum absolute atomic E-state index is 12.7. The van der Waals surface area contributed by atoms with E-state index in [1.165, 1.54) is 4.90 Å². The summed E-state index contributed by atoms with van der Waals surface area (Å²) in [6.07, 6.45) is -0.626. The average molecular weight is 482 g/mol. The van der Waals surface area contributed by atoms with Crippen molar-refractivity contribution in [3.63, 3.8) is 0 Å². The second-order valence-electron chi connectivity index (χ2n) is 7.15. The topological polar surface area (TPSA) is 55.8 Å². The van der Waals surface area contributed by atoms with E-state index < -0.39 is 23.7 Å². The lowest BCUT2D eigenvalue weighted by Crippen LogP contribution is -2.46. The Balaban J connectivity index is 3.15. The van der Waals surface area contributed by atoms with Gasteiger partial charge in [0.05, 0.1) is 11.6 Å². The molecule has 0 aliphatic rings. The van der Waals surface area contributed by atoms with Crippen molar-refractivity contribution in [2.45, 2.75) is 53.2 Å². The van der Waals surface area contributed by atoms with Crippen LogP contribution in [0.2, 0.25) is 5.02 Å². The van der Waals surface area contributed by atoms with Crippen LogP contribution in [-0.4, -0.2) is 30.3 Å². The highest BCUT2D eigenvalue weighted by atomic mass is 127. The Morgan fingerprint density at radius 1 is 1.24 bits per heavy atom. The van der Waals surface area contributed by atoms with Gasteiger partial charge < -0.3 is 9.47 Å². The van der Waals surface area contributed by atoms with Crippen LogP contribution in [0.3, 0.4) is 0 Å². The van der Waals surface area contributed by atoms with Gasteiger partial charge in [-0.15, -0.1) is 0 Å². The Hall–Kier alpha value is -1.02. The van der Waals surface area contributed by atoms with Crippen LogP contribution >= 0.6 is 34.2 Å². The minimum Gasteiger partial charge on any atom is -0.464 e. The molecule has 25 heavy (non-hydrogen) atoms. The fraction of sp³-hybridized carbons (Fsp3) is 0.556. The summed E-state index contributed by atoms with van der Waals surface area (Å²) in [5.41, 5.74) is -0.210. The minimum atomic E-state index is -0.843. The van der Waals surface area contributed by atoms with E-state index in [0.29, 0.717) is 17.3 Å². The number of rotatable bonds is 5. The number of esters is 1. The lowest BCUT2D eigenvalue weighted by atomic mass is 10.2. The van der Waals surface area contributed by atoms with Crippen LogP contribution < -0.4 is 4.90 Å². The number of ether oxygens (including phenoxy) is 2. The van der Waals surface area contributed by atoms with Crippen LogP contribution in [0.4, 0.5) is 10.5 Å². The molecule has 7 heteroatoms. The Bertz CT molecular complexity index is 628. The molecule has 1 aromatic carbocycles. The number of halogens is 2. The second kappa shape index (κ2) is 9.07. The van der Waals surface area contributed by atoms with Gasteiger partial charge in [-0.05, 0) is 74.4 Å². The molecule has 0 N–H and O–H groups in total. The molecular weight excluding hydrogens is 457 g/mol. The Morgan fingerprint density at radius 3 is 2.32 bits per heavy atom. The molecule has 0 aromatic heterocycles. The summed E-state index contributed by atoms with van der Waals surface area (Å²) in [5.74, 6) is -0.284. The standard InChI is InChI=1S/C18H25ClINO4/c1-11(2)10-24-16(22)12(3)21(17(23)25-18(4,5)6)13-7-8-15(20)14(19)9-13/h7-9,11-12H,10H2,1-6H3. The Morgan fingerprint density at radius 2 is 1.84 bits per heavy atom. The van der Waals surface area contributed by atoms with Gasteiger partial charge in [0.1, 0.15) is 11.6 Å². The zero-order valence-electron chi connectivity index (χ0n) is 15.4. The summed E-state index contributed by atoms with van der Waals surface area (Å²) in [4.78, 5) is 26.3. The third-order valence-corrected chi connectivity index (χ3v) is 4.63. The largest absolute Gasteiger partial charge is 0.464 e. The van der Waals surface area contributed by atoms with Gasteiger partial charge in [0.25, 0.3) is 0 Å². The van der Waals surface area contributed by atoms with Gasteiger partial charge in [0, 0.05) is 9.26 Å². The molecule has 0 saturated heterocycles. The third kappa shape index (κ3) is 7.01. The molecule has 0 saturated carbocycles. The molecular formula is C18H25ClINO4. The molecule has 1 atom stereocenters. The van der Waals surface area contributed by atoms with E-state index in [1.807, 2.05) is 13.8 Å². The quantitative estimate of drug-likeness (QED) is 0.424. The number of carbonyl (C=O) groups is 2. The predicted molar refractivity (Wildman–Crippen MR) is 108 cm³/mol. The Labute approximate surface area is 168 Å². The maximum atomic E-state index is 12.7. The fourth-order valence-corrected chi connectivity index (χ4v) is 2.42. The predicted octanol–water partition coefficient (Wildman–Crippen LogP) is 5.27. The lowest BCUT2D eigenvalue weighted by Gasteiger charge is -2.31. The highest BCUT2D eigenvalue weighted by Crippen LogP contribution is 2.28. The summed E-state index contributed by atoms with van der Waals surface area (Å²) in [6, 6.07) is 4.30. The van der Waals surface area contributed by atoms with Crippen molar-refractivity contribution in [3.05, 3.63) is 26.8 Å². The number of carbonyl (C=O) groups excluding carboxylic acids is 2. The summed E-state index contributed by atoms with van der Waals surface area (Å²) < 4.78 is 11.6. The van der Waals surface area contributed by atoms with Crippen LogP contribution in [0.15, 0.2) is 18.2 Å². The van der Waals surface area contributed by atoms with Crippen LogP contribution in [0.1, 0.15) is 41.5 Å². The molecule has 1 amide bonds. The fourth-order valence-electron chi connectivity index (χ4n) is 1.91. The van der Waals surface area contributed by atoms with Crippen LogP contribution in [0.5, 0.6) is 0 Å². The normalized spacial score (nSPS) is 12.7. The first-order chi connectivity index (χ1) is 11.4. The highest BCUT2D eigenvalue weighted by Gasteiger charge is 2.32. The van der Waals surface area contributed by atoms with E-state index in [9.17, 15) is 9.59 Å². The van der Waals surface area contributed by atoms with Crippen LogP contribution in [0.25, 0.3) is 0 Å². The van der Waals surface area contributed by atoms with Crippen molar-refractivity contribution in [1.29, 1.82) is 0 Å². The number of amides is 1. The van der Waals surface area contributed by atoms with Gasteiger partial charge in [0.15, 0.2) is 0 Å². The van der Waals surface area contributed by atoms with E-state index in [1.54, 1.807) is 45.9 Å². The van der Waals surface area contributed by atoms with Gasteiger partial charge in [-0.1, -0.05) is 25.4 Å². The summed E-state index contributed by atoms with van der Waals surface area (Å²) in [5, 5.41) is 0.495. The molecule has 0 fully saturated rings. The van der Waals surface area contributed by atoms with Crippen LogP contribution in [0, 0.1) is 9.49 Å². The monoisotopic (exact) mass is 481 g/mol. The number of hydrogen-bond donors (Lipinski definition) is 0. The third-order valence-electron chi connectivity index (χ3n) is 3.06. The van der Waals surface area contributed by atoms with Crippen molar-refractivity contribution < 1.29 is 19.1 Å². The molecule has 0 aliphatic carbocycles. The second-order valence-corrected chi connectivity index (χ2v) is 8.72. The average Bonchev–Trinajstić information content (AvgIpc) is 2.46. The van der Waals surface area contributed by atoms with E-state index in [0.717, 1.165) is 3.57 Å². The first-order valence-corrected chi connectivity index (χ1v) is 9.52. The molecule has 0 radical (unpaired) electrons. The molecule has 0 bridgehead atoms. The summed E-state index contributed by atoms with van der Waals surface area (Å²) in [6.45, 7) is 11.1. The van der Waals surface area contributed by atoms with Gasteiger partial charge >= 0.3 is 12.1 Å². The first-order valence-electron chi connectivity index (χ1n) is 8.06. The Kier molecular flexibility index (Phi) is 7.99. The molecule has 0 spiro atoms. The lowest BCUT2D eigenvalue weighted by molar-refractivity contribution is -0.145.